The highest BCUT2D eigenvalue weighted by Crippen LogP contribution is 2.46. The Morgan fingerprint density at radius 3 is 2.92 bits per heavy atom. The zero-order chi connectivity index (χ0) is 8.02. The molecule has 1 aliphatic heterocycles. The Kier molecular flexibility index (Phi) is 1.38. The summed E-state index contributed by atoms with van der Waals surface area (Å²) >= 11 is 0. The molecule has 1 spiro atoms. The van der Waals surface area contributed by atoms with E-state index < -0.39 is 0 Å². The minimum absolute atomic E-state index is 0.277. The van der Waals surface area contributed by atoms with E-state index in [1.807, 2.05) is 0 Å². The maximum atomic E-state index is 5.64. The van der Waals surface area contributed by atoms with Crippen LogP contribution in [0.2, 0.25) is 0 Å². The normalized spacial score (nSPS) is 37.3. The van der Waals surface area contributed by atoms with E-state index in [0.29, 0.717) is 0 Å². The van der Waals surface area contributed by atoms with Crippen molar-refractivity contribution in [1.82, 2.24) is 0 Å². The molecular weight excluding hydrogens is 152 g/mol. The summed E-state index contributed by atoms with van der Waals surface area (Å²) in [6.45, 7) is 1.55. The largest absolute Gasteiger partial charge is 0.344 e. The van der Waals surface area contributed by atoms with Crippen molar-refractivity contribution < 1.29 is 9.47 Å². The van der Waals surface area contributed by atoms with Crippen LogP contribution in [-0.4, -0.2) is 19.0 Å². The topological polar surface area (TPSA) is 18.5 Å². The van der Waals surface area contributed by atoms with E-state index in [1.54, 1.807) is 5.57 Å². The monoisotopic (exact) mass is 166 g/mol. The number of allylic oxidation sites excluding steroid dienone is 1. The van der Waals surface area contributed by atoms with E-state index in [1.165, 1.54) is 19.3 Å². The number of hydrogen-bond donors (Lipinski definition) is 0. The predicted molar refractivity (Wildman–Crippen MR) is 44.7 cm³/mol. The first-order chi connectivity index (χ1) is 5.88. The van der Waals surface area contributed by atoms with Crippen molar-refractivity contribution >= 4 is 0 Å². The molecule has 0 N–H and O–H groups in total. The van der Waals surface area contributed by atoms with E-state index in [2.05, 4.69) is 6.08 Å². The average Bonchev–Trinajstić information content (AvgIpc) is 2.66. The van der Waals surface area contributed by atoms with Crippen molar-refractivity contribution in [2.75, 3.05) is 13.2 Å². The molecule has 0 aromatic heterocycles. The lowest BCUT2D eigenvalue weighted by atomic mass is 10.0. The van der Waals surface area contributed by atoms with Gasteiger partial charge in [-0.05, 0) is 31.3 Å². The molecule has 66 valence electrons. The van der Waals surface area contributed by atoms with Crippen molar-refractivity contribution in [1.29, 1.82) is 0 Å². The van der Waals surface area contributed by atoms with Crippen LogP contribution in [0.1, 0.15) is 25.7 Å². The number of rotatable bonds is 0. The van der Waals surface area contributed by atoms with Crippen LogP contribution in [0.15, 0.2) is 11.6 Å². The SMILES string of the molecule is C1=C2CCCC2CC12OCCO2. The highest BCUT2D eigenvalue weighted by Gasteiger charge is 2.44. The molecular formula is C10H14O2. The standard InChI is InChI=1S/C10H14O2/c1-2-8-6-10(7-9(8)3-1)11-4-5-12-10/h6,9H,1-5,7H2. The first-order valence-corrected chi connectivity index (χ1v) is 4.88. The molecule has 2 aliphatic carbocycles. The fourth-order valence-electron chi connectivity index (χ4n) is 2.72. The molecule has 1 unspecified atom stereocenters. The van der Waals surface area contributed by atoms with E-state index in [9.17, 15) is 0 Å². The Bertz CT molecular complexity index is 226. The summed E-state index contributed by atoms with van der Waals surface area (Å²) in [7, 11) is 0. The van der Waals surface area contributed by atoms with Gasteiger partial charge in [0.15, 0.2) is 5.79 Å². The molecule has 2 fully saturated rings. The summed E-state index contributed by atoms with van der Waals surface area (Å²) in [6.07, 6.45) is 7.33. The maximum absolute atomic E-state index is 5.64. The van der Waals surface area contributed by atoms with Crippen molar-refractivity contribution in [2.24, 2.45) is 5.92 Å². The van der Waals surface area contributed by atoms with Crippen LogP contribution in [0, 0.1) is 5.92 Å². The van der Waals surface area contributed by atoms with Crippen molar-refractivity contribution in [3.05, 3.63) is 11.6 Å². The fourth-order valence-corrected chi connectivity index (χ4v) is 2.72. The molecule has 2 heteroatoms. The van der Waals surface area contributed by atoms with Gasteiger partial charge in [-0.3, -0.25) is 0 Å². The van der Waals surface area contributed by atoms with Crippen LogP contribution in [0.3, 0.4) is 0 Å². The third-order valence-corrected chi connectivity index (χ3v) is 3.25. The third kappa shape index (κ3) is 0.882. The first-order valence-electron chi connectivity index (χ1n) is 4.88. The molecule has 12 heavy (non-hydrogen) atoms. The molecule has 3 rings (SSSR count). The lowest BCUT2D eigenvalue weighted by Gasteiger charge is -2.20. The highest BCUT2D eigenvalue weighted by molar-refractivity contribution is 5.23. The zero-order valence-electron chi connectivity index (χ0n) is 7.21. The smallest absolute Gasteiger partial charge is 0.188 e. The van der Waals surface area contributed by atoms with E-state index in [0.717, 1.165) is 25.6 Å². The second-order valence-electron chi connectivity index (χ2n) is 4.02. The van der Waals surface area contributed by atoms with Crippen molar-refractivity contribution in [2.45, 2.75) is 31.5 Å². The Morgan fingerprint density at radius 1 is 1.33 bits per heavy atom. The molecule has 0 aromatic carbocycles. The Labute approximate surface area is 72.5 Å². The van der Waals surface area contributed by atoms with Gasteiger partial charge in [-0.25, -0.2) is 0 Å². The van der Waals surface area contributed by atoms with Gasteiger partial charge >= 0.3 is 0 Å². The molecule has 1 atom stereocenters. The molecule has 0 amide bonds. The van der Waals surface area contributed by atoms with Gasteiger partial charge in [0.2, 0.25) is 0 Å². The Hall–Kier alpha value is -0.340. The Morgan fingerprint density at radius 2 is 2.17 bits per heavy atom. The second kappa shape index (κ2) is 2.33. The number of hydrogen-bond acceptors (Lipinski definition) is 2. The number of fused-ring (bicyclic) bond motifs is 1. The average molecular weight is 166 g/mol. The second-order valence-corrected chi connectivity index (χ2v) is 4.02. The molecule has 0 bridgehead atoms. The van der Waals surface area contributed by atoms with Crippen LogP contribution in [0.5, 0.6) is 0 Å². The van der Waals surface area contributed by atoms with Crippen LogP contribution < -0.4 is 0 Å². The molecule has 1 heterocycles. The van der Waals surface area contributed by atoms with Gasteiger partial charge in [-0.1, -0.05) is 5.57 Å². The molecule has 1 saturated heterocycles. The van der Waals surface area contributed by atoms with Gasteiger partial charge in [0.05, 0.1) is 13.2 Å². The highest BCUT2D eigenvalue weighted by atomic mass is 16.7. The fraction of sp³-hybridized carbons (Fsp3) is 0.800. The summed E-state index contributed by atoms with van der Waals surface area (Å²) in [4.78, 5) is 0. The van der Waals surface area contributed by atoms with E-state index in [-0.39, 0.29) is 5.79 Å². The maximum Gasteiger partial charge on any atom is 0.188 e. The minimum atomic E-state index is -0.277. The molecule has 3 aliphatic rings. The van der Waals surface area contributed by atoms with Gasteiger partial charge in [-0.15, -0.1) is 0 Å². The molecule has 1 saturated carbocycles. The zero-order valence-corrected chi connectivity index (χ0v) is 7.21. The summed E-state index contributed by atoms with van der Waals surface area (Å²) in [5.74, 6) is 0.503. The lowest BCUT2D eigenvalue weighted by Crippen LogP contribution is -2.25. The van der Waals surface area contributed by atoms with E-state index in [4.69, 9.17) is 9.47 Å². The minimum Gasteiger partial charge on any atom is -0.344 e. The predicted octanol–water partition coefficient (Wildman–Crippen LogP) is 1.86. The van der Waals surface area contributed by atoms with Crippen molar-refractivity contribution in [3.8, 4) is 0 Å². The Balaban J connectivity index is 1.88. The van der Waals surface area contributed by atoms with Gasteiger partial charge in [-0.2, -0.15) is 0 Å². The summed E-state index contributed by atoms with van der Waals surface area (Å²) in [5.41, 5.74) is 1.59. The van der Waals surface area contributed by atoms with Gasteiger partial charge in [0.25, 0.3) is 0 Å². The summed E-state index contributed by atoms with van der Waals surface area (Å²) in [6, 6.07) is 0. The van der Waals surface area contributed by atoms with Gasteiger partial charge < -0.3 is 9.47 Å². The lowest BCUT2D eigenvalue weighted by molar-refractivity contribution is -0.120. The van der Waals surface area contributed by atoms with Gasteiger partial charge in [0, 0.05) is 6.42 Å². The first kappa shape index (κ1) is 7.10. The van der Waals surface area contributed by atoms with Crippen LogP contribution in [-0.2, 0) is 9.47 Å². The van der Waals surface area contributed by atoms with Crippen LogP contribution in [0.25, 0.3) is 0 Å². The molecule has 0 aromatic rings. The molecule has 2 nitrogen and oxygen atoms in total. The summed E-state index contributed by atoms with van der Waals surface area (Å²) < 4.78 is 11.3. The molecule has 0 radical (unpaired) electrons. The summed E-state index contributed by atoms with van der Waals surface area (Å²) in [5, 5.41) is 0. The van der Waals surface area contributed by atoms with Gasteiger partial charge in [0.1, 0.15) is 0 Å². The number of ether oxygens (including phenoxy) is 2. The third-order valence-electron chi connectivity index (χ3n) is 3.25. The van der Waals surface area contributed by atoms with E-state index >= 15 is 0 Å². The van der Waals surface area contributed by atoms with Crippen LogP contribution in [0.4, 0.5) is 0 Å². The van der Waals surface area contributed by atoms with Crippen molar-refractivity contribution in [3.63, 3.8) is 0 Å². The van der Waals surface area contributed by atoms with Crippen LogP contribution >= 0.6 is 0 Å². The quantitative estimate of drug-likeness (QED) is 0.511.